The molecule has 4 aromatic rings. The minimum Gasteiger partial charge on any atom is -0.493 e. The Labute approximate surface area is 162 Å². The van der Waals surface area contributed by atoms with Gasteiger partial charge in [-0.05, 0) is 42.5 Å². The van der Waals surface area contributed by atoms with Crippen LogP contribution in [0.15, 0.2) is 79.1 Å². The van der Waals surface area contributed by atoms with Gasteiger partial charge in [0, 0.05) is 23.2 Å². The van der Waals surface area contributed by atoms with E-state index in [1.54, 1.807) is 6.33 Å². The average Bonchev–Trinajstić information content (AvgIpc) is 3.18. The number of amides is 1. The number of aromatic nitrogens is 2. The molecule has 0 bridgehead atoms. The summed E-state index contributed by atoms with van der Waals surface area (Å²) in [4.78, 5) is 17.2. The van der Waals surface area contributed by atoms with Crippen LogP contribution in [0.4, 0.5) is 0 Å². The van der Waals surface area contributed by atoms with E-state index in [-0.39, 0.29) is 11.9 Å². The van der Waals surface area contributed by atoms with Gasteiger partial charge in [-0.1, -0.05) is 30.3 Å². The Kier molecular flexibility index (Phi) is 4.05. The number of carbonyl (C=O) groups excluding carboxylic acids is 1. The largest absolute Gasteiger partial charge is 0.493 e. The Hall–Kier alpha value is -3.60. The molecule has 1 atom stereocenters. The molecular weight excluding hydrogens is 350 g/mol. The topological polar surface area (TPSA) is 56.1 Å². The van der Waals surface area contributed by atoms with E-state index in [2.05, 4.69) is 10.3 Å². The molecule has 0 saturated carbocycles. The second-order valence-electron chi connectivity index (χ2n) is 6.85. The third kappa shape index (κ3) is 2.91. The van der Waals surface area contributed by atoms with Crippen molar-refractivity contribution in [2.45, 2.75) is 12.5 Å². The lowest BCUT2D eigenvalue weighted by Crippen LogP contribution is -2.32. The van der Waals surface area contributed by atoms with Crippen LogP contribution in [-0.2, 0) is 0 Å². The number of ether oxygens (including phenoxy) is 1. The summed E-state index contributed by atoms with van der Waals surface area (Å²) in [7, 11) is 0. The molecule has 5 nitrogen and oxygen atoms in total. The first-order chi connectivity index (χ1) is 13.8. The van der Waals surface area contributed by atoms with Crippen LogP contribution >= 0.6 is 0 Å². The fraction of sp³-hybridized carbons (Fsp3) is 0.130. The van der Waals surface area contributed by atoms with Gasteiger partial charge >= 0.3 is 0 Å². The molecule has 0 fully saturated rings. The van der Waals surface area contributed by atoms with Crippen molar-refractivity contribution in [1.29, 1.82) is 0 Å². The van der Waals surface area contributed by atoms with Crippen molar-refractivity contribution in [3.8, 4) is 11.4 Å². The first kappa shape index (κ1) is 16.6. The van der Waals surface area contributed by atoms with E-state index in [1.807, 2.05) is 77.4 Å². The highest BCUT2D eigenvalue weighted by atomic mass is 16.5. The van der Waals surface area contributed by atoms with E-state index in [9.17, 15) is 4.79 Å². The average molecular weight is 369 g/mol. The van der Waals surface area contributed by atoms with E-state index < -0.39 is 0 Å². The van der Waals surface area contributed by atoms with Crippen LogP contribution in [0.25, 0.3) is 16.7 Å². The molecule has 1 N–H and O–H groups in total. The highest BCUT2D eigenvalue weighted by molar-refractivity contribution is 5.94. The summed E-state index contributed by atoms with van der Waals surface area (Å²) < 4.78 is 7.69. The van der Waals surface area contributed by atoms with Gasteiger partial charge in [0.05, 0.1) is 23.7 Å². The Bertz CT molecular complexity index is 1150. The highest BCUT2D eigenvalue weighted by Gasteiger charge is 2.23. The predicted octanol–water partition coefficient (Wildman–Crippen LogP) is 4.28. The molecule has 0 radical (unpaired) electrons. The van der Waals surface area contributed by atoms with Crippen molar-refractivity contribution in [2.24, 2.45) is 0 Å². The predicted molar refractivity (Wildman–Crippen MR) is 108 cm³/mol. The maximum Gasteiger partial charge on any atom is 0.251 e. The molecule has 28 heavy (non-hydrogen) atoms. The molecule has 5 heteroatoms. The molecule has 1 aliphatic heterocycles. The number of hydrogen-bond acceptors (Lipinski definition) is 3. The molecule has 0 unspecified atom stereocenters. The fourth-order valence-corrected chi connectivity index (χ4v) is 3.67. The molecule has 2 heterocycles. The summed E-state index contributed by atoms with van der Waals surface area (Å²) in [6, 6.07) is 23.4. The summed E-state index contributed by atoms with van der Waals surface area (Å²) >= 11 is 0. The van der Waals surface area contributed by atoms with E-state index in [0.29, 0.717) is 12.2 Å². The lowest BCUT2D eigenvalue weighted by molar-refractivity contribution is 0.0925. The third-order valence-electron chi connectivity index (χ3n) is 5.13. The van der Waals surface area contributed by atoms with E-state index in [1.165, 1.54) is 0 Å². The summed E-state index contributed by atoms with van der Waals surface area (Å²) in [5.74, 6) is 0.769. The number of nitrogens with zero attached hydrogens (tertiary/aromatic N) is 2. The fourth-order valence-electron chi connectivity index (χ4n) is 3.67. The number of fused-ring (bicyclic) bond motifs is 2. The number of para-hydroxylation sites is 3. The minimum atomic E-state index is -0.0799. The molecule has 3 aromatic carbocycles. The van der Waals surface area contributed by atoms with Crippen LogP contribution in [-0.4, -0.2) is 22.1 Å². The quantitative estimate of drug-likeness (QED) is 0.586. The third-order valence-corrected chi connectivity index (χ3v) is 5.13. The Morgan fingerprint density at radius 1 is 1.00 bits per heavy atom. The molecule has 1 aliphatic rings. The number of hydrogen-bond donors (Lipinski definition) is 1. The zero-order valence-electron chi connectivity index (χ0n) is 15.2. The minimum absolute atomic E-state index is 0.0327. The summed E-state index contributed by atoms with van der Waals surface area (Å²) in [6.45, 7) is 0.606. The number of imidazole rings is 1. The van der Waals surface area contributed by atoms with Gasteiger partial charge in [-0.3, -0.25) is 9.36 Å². The molecule has 0 spiro atoms. The van der Waals surface area contributed by atoms with Crippen LogP contribution in [0.1, 0.15) is 28.4 Å². The highest BCUT2D eigenvalue weighted by Crippen LogP contribution is 2.31. The SMILES string of the molecule is O=C(N[C@H]1CCOc2ccccc21)c1ccc(-n2cnc3ccccc32)cc1. The Morgan fingerprint density at radius 3 is 2.68 bits per heavy atom. The van der Waals surface area contributed by atoms with Gasteiger partial charge in [-0.25, -0.2) is 4.98 Å². The number of benzene rings is 3. The van der Waals surface area contributed by atoms with E-state index in [0.717, 1.165) is 34.5 Å². The number of nitrogens with one attached hydrogen (secondary N) is 1. The second kappa shape index (κ2) is 6.85. The van der Waals surface area contributed by atoms with Crippen molar-refractivity contribution in [3.05, 3.63) is 90.3 Å². The monoisotopic (exact) mass is 369 g/mol. The second-order valence-corrected chi connectivity index (χ2v) is 6.85. The van der Waals surface area contributed by atoms with Crippen molar-refractivity contribution in [1.82, 2.24) is 14.9 Å². The van der Waals surface area contributed by atoms with Gasteiger partial charge in [-0.15, -0.1) is 0 Å². The summed E-state index contributed by atoms with van der Waals surface area (Å²) in [5, 5.41) is 3.14. The molecule has 1 amide bonds. The van der Waals surface area contributed by atoms with Crippen molar-refractivity contribution in [2.75, 3.05) is 6.61 Å². The molecule has 138 valence electrons. The van der Waals surface area contributed by atoms with Crippen LogP contribution in [0.5, 0.6) is 5.75 Å². The maximum atomic E-state index is 12.8. The summed E-state index contributed by atoms with van der Waals surface area (Å²) in [6.07, 6.45) is 2.57. The first-order valence-corrected chi connectivity index (χ1v) is 9.35. The lowest BCUT2D eigenvalue weighted by atomic mass is 10.00. The number of rotatable bonds is 3. The van der Waals surface area contributed by atoms with Crippen LogP contribution in [0, 0.1) is 0 Å². The van der Waals surface area contributed by atoms with Gasteiger partial charge in [0.1, 0.15) is 12.1 Å². The van der Waals surface area contributed by atoms with Gasteiger partial charge in [0.25, 0.3) is 5.91 Å². The van der Waals surface area contributed by atoms with Gasteiger partial charge in [-0.2, -0.15) is 0 Å². The molecular formula is C23H19N3O2. The zero-order chi connectivity index (χ0) is 18.9. The van der Waals surface area contributed by atoms with Crippen molar-refractivity contribution in [3.63, 3.8) is 0 Å². The normalized spacial score (nSPS) is 15.6. The standard InChI is InChI=1S/C23H19N3O2/c27-23(25-19-13-14-28-22-8-4-1-5-18(19)22)16-9-11-17(12-10-16)26-15-24-20-6-2-3-7-21(20)26/h1-12,15,19H,13-14H2,(H,25,27)/t19-/m0/s1. The van der Waals surface area contributed by atoms with Crippen molar-refractivity contribution >= 4 is 16.9 Å². The van der Waals surface area contributed by atoms with E-state index in [4.69, 9.17) is 4.74 Å². The Balaban J connectivity index is 1.37. The smallest absolute Gasteiger partial charge is 0.251 e. The maximum absolute atomic E-state index is 12.8. The van der Waals surface area contributed by atoms with Crippen LogP contribution < -0.4 is 10.1 Å². The Morgan fingerprint density at radius 2 is 1.79 bits per heavy atom. The van der Waals surface area contributed by atoms with Crippen LogP contribution in [0.3, 0.4) is 0 Å². The summed E-state index contributed by atoms with van der Waals surface area (Å²) in [5.41, 5.74) is 4.63. The lowest BCUT2D eigenvalue weighted by Gasteiger charge is -2.26. The zero-order valence-corrected chi connectivity index (χ0v) is 15.2. The molecule has 0 saturated heterocycles. The van der Waals surface area contributed by atoms with Crippen molar-refractivity contribution < 1.29 is 9.53 Å². The number of carbonyl (C=O) groups is 1. The van der Waals surface area contributed by atoms with Gasteiger partial charge in [0.15, 0.2) is 0 Å². The van der Waals surface area contributed by atoms with Gasteiger partial charge < -0.3 is 10.1 Å². The van der Waals surface area contributed by atoms with Gasteiger partial charge in [0.2, 0.25) is 0 Å². The first-order valence-electron chi connectivity index (χ1n) is 9.35. The van der Waals surface area contributed by atoms with E-state index >= 15 is 0 Å². The molecule has 5 rings (SSSR count). The van der Waals surface area contributed by atoms with Crippen LogP contribution in [0.2, 0.25) is 0 Å². The molecule has 0 aliphatic carbocycles. The molecule has 1 aromatic heterocycles.